The molecule has 0 amide bonds. The number of hydrogen-bond donors (Lipinski definition) is 1. The highest BCUT2D eigenvalue weighted by Crippen LogP contribution is 2.20. The molecule has 1 aromatic heterocycles. The van der Waals surface area contributed by atoms with E-state index in [-0.39, 0.29) is 5.54 Å². The zero-order chi connectivity index (χ0) is 14.8. The first-order valence-electron chi connectivity index (χ1n) is 7.21. The maximum absolute atomic E-state index is 6.25. The van der Waals surface area contributed by atoms with Crippen molar-refractivity contribution >= 4 is 17.4 Å². The van der Waals surface area contributed by atoms with Crippen molar-refractivity contribution in [1.29, 1.82) is 0 Å². The third-order valence-electron chi connectivity index (χ3n) is 3.87. The number of hydrogen-bond acceptors (Lipinski definition) is 4. The van der Waals surface area contributed by atoms with Crippen LogP contribution in [-0.4, -0.2) is 53.5 Å². The first-order chi connectivity index (χ1) is 9.40. The average Bonchev–Trinajstić information content (AvgIpc) is 2.41. The summed E-state index contributed by atoms with van der Waals surface area (Å²) in [5.74, 6) is 0.873. The molecule has 0 atom stereocenters. The van der Waals surface area contributed by atoms with Gasteiger partial charge in [-0.05, 0) is 32.9 Å². The van der Waals surface area contributed by atoms with Gasteiger partial charge in [-0.3, -0.25) is 9.80 Å². The van der Waals surface area contributed by atoms with Crippen molar-refractivity contribution in [3.63, 3.8) is 0 Å². The van der Waals surface area contributed by atoms with Gasteiger partial charge in [0.05, 0.1) is 10.7 Å². The lowest BCUT2D eigenvalue weighted by Gasteiger charge is -2.42. The number of aromatic nitrogens is 1. The Hall–Kier alpha value is -0.840. The Bertz CT molecular complexity index is 448. The summed E-state index contributed by atoms with van der Waals surface area (Å²) in [6, 6.07) is 3.82. The van der Waals surface area contributed by atoms with Gasteiger partial charge in [0.25, 0.3) is 0 Å². The molecule has 0 bridgehead atoms. The quantitative estimate of drug-likeness (QED) is 0.929. The van der Waals surface area contributed by atoms with Crippen LogP contribution in [0.3, 0.4) is 0 Å². The van der Waals surface area contributed by atoms with Crippen LogP contribution >= 0.6 is 11.6 Å². The highest BCUT2D eigenvalue weighted by Gasteiger charge is 2.26. The second kappa shape index (κ2) is 6.29. The monoisotopic (exact) mass is 296 g/mol. The van der Waals surface area contributed by atoms with E-state index < -0.39 is 0 Å². The molecule has 0 unspecified atom stereocenters. The Morgan fingerprint density at radius 2 is 1.85 bits per heavy atom. The lowest BCUT2D eigenvalue weighted by Crippen LogP contribution is -2.53. The first-order valence-corrected chi connectivity index (χ1v) is 7.58. The van der Waals surface area contributed by atoms with E-state index in [1.54, 1.807) is 0 Å². The SMILES string of the molecule is CNc1ccc(Cl)c(CN2CCN(C(C)(C)C)CC2)n1. The van der Waals surface area contributed by atoms with Gasteiger partial charge >= 0.3 is 0 Å². The summed E-state index contributed by atoms with van der Waals surface area (Å²) in [5, 5.41) is 3.81. The third kappa shape index (κ3) is 3.84. The zero-order valence-corrected chi connectivity index (χ0v) is 13.7. The smallest absolute Gasteiger partial charge is 0.126 e. The molecule has 0 aromatic carbocycles. The molecule has 2 rings (SSSR count). The van der Waals surface area contributed by atoms with Crippen LogP contribution in [0.4, 0.5) is 5.82 Å². The summed E-state index contributed by atoms with van der Waals surface area (Å²) in [5.41, 5.74) is 1.22. The number of halogens is 1. The number of pyridine rings is 1. The van der Waals surface area contributed by atoms with Gasteiger partial charge in [0.15, 0.2) is 0 Å². The van der Waals surface area contributed by atoms with Crippen molar-refractivity contribution in [1.82, 2.24) is 14.8 Å². The van der Waals surface area contributed by atoms with E-state index in [4.69, 9.17) is 11.6 Å². The Morgan fingerprint density at radius 3 is 2.40 bits per heavy atom. The van der Waals surface area contributed by atoms with Gasteiger partial charge < -0.3 is 5.32 Å². The van der Waals surface area contributed by atoms with E-state index >= 15 is 0 Å². The minimum absolute atomic E-state index is 0.258. The minimum Gasteiger partial charge on any atom is -0.373 e. The molecule has 1 aliphatic rings. The summed E-state index contributed by atoms with van der Waals surface area (Å²) in [7, 11) is 1.88. The van der Waals surface area contributed by atoms with Gasteiger partial charge in [-0.2, -0.15) is 0 Å². The van der Waals surface area contributed by atoms with Crippen molar-refractivity contribution in [3.8, 4) is 0 Å². The Balaban J connectivity index is 1.96. The van der Waals surface area contributed by atoms with Crippen LogP contribution in [0, 0.1) is 0 Å². The van der Waals surface area contributed by atoms with Crippen LogP contribution in [0.1, 0.15) is 26.5 Å². The molecular weight excluding hydrogens is 272 g/mol. The fraction of sp³-hybridized carbons (Fsp3) is 0.667. The lowest BCUT2D eigenvalue weighted by atomic mass is 10.0. The van der Waals surface area contributed by atoms with Gasteiger partial charge in [0.1, 0.15) is 5.82 Å². The van der Waals surface area contributed by atoms with Crippen molar-refractivity contribution in [2.24, 2.45) is 0 Å². The summed E-state index contributed by atoms with van der Waals surface area (Å²) in [4.78, 5) is 9.51. The van der Waals surface area contributed by atoms with Gasteiger partial charge in [0, 0.05) is 45.3 Å². The first kappa shape index (κ1) is 15.5. The number of nitrogens with zero attached hydrogens (tertiary/aromatic N) is 3. The Kier molecular flexibility index (Phi) is 4.89. The normalized spacial score (nSPS) is 18.2. The van der Waals surface area contributed by atoms with Crippen LogP contribution in [0.2, 0.25) is 5.02 Å². The topological polar surface area (TPSA) is 31.4 Å². The highest BCUT2D eigenvalue weighted by atomic mass is 35.5. The van der Waals surface area contributed by atoms with E-state index in [9.17, 15) is 0 Å². The van der Waals surface area contributed by atoms with Gasteiger partial charge in [-0.25, -0.2) is 4.98 Å². The molecular formula is C15H25ClN4. The van der Waals surface area contributed by atoms with E-state index in [0.29, 0.717) is 0 Å². The van der Waals surface area contributed by atoms with E-state index in [1.807, 2.05) is 19.2 Å². The predicted octanol–water partition coefficient (Wildman–Crippen LogP) is 2.69. The fourth-order valence-corrected chi connectivity index (χ4v) is 2.69. The van der Waals surface area contributed by atoms with Crippen LogP contribution in [0.25, 0.3) is 0 Å². The molecule has 1 aromatic rings. The standard InChI is InChI=1S/C15H25ClN4/c1-15(2,3)20-9-7-19(8-10-20)11-13-12(16)5-6-14(17-4)18-13/h5-6H,7-11H2,1-4H3,(H,17,18). The molecule has 0 saturated carbocycles. The molecule has 0 aliphatic carbocycles. The maximum atomic E-state index is 6.25. The molecule has 112 valence electrons. The van der Waals surface area contributed by atoms with Crippen molar-refractivity contribution in [2.75, 3.05) is 38.5 Å². The fourth-order valence-electron chi connectivity index (χ4n) is 2.52. The van der Waals surface area contributed by atoms with Crippen LogP contribution in [0.5, 0.6) is 0 Å². The second-order valence-corrected chi connectivity index (χ2v) is 6.72. The lowest BCUT2D eigenvalue weighted by molar-refractivity contribution is 0.0586. The van der Waals surface area contributed by atoms with Crippen molar-refractivity contribution in [3.05, 3.63) is 22.8 Å². The largest absolute Gasteiger partial charge is 0.373 e. The number of rotatable bonds is 3. The maximum Gasteiger partial charge on any atom is 0.126 e. The summed E-state index contributed by atoms with van der Waals surface area (Å²) < 4.78 is 0. The number of piperazine rings is 1. The molecule has 0 spiro atoms. The molecule has 1 aliphatic heterocycles. The minimum atomic E-state index is 0.258. The summed E-state index contributed by atoms with van der Waals surface area (Å²) >= 11 is 6.25. The van der Waals surface area contributed by atoms with Gasteiger partial charge in [-0.1, -0.05) is 11.6 Å². The average molecular weight is 297 g/mol. The van der Waals surface area contributed by atoms with Crippen LogP contribution in [0.15, 0.2) is 12.1 Å². The Labute approximate surface area is 127 Å². The molecule has 2 heterocycles. The number of nitrogens with one attached hydrogen (secondary N) is 1. The number of anilines is 1. The molecule has 20 heavy (non-hydrogen) atoms. The van der Waals surface area contributed by atoms with Crippen LogP contribution in [-0.2, 0) is 6.54 Å². The van der Waals surface area contributed by atoms with Crippen molar-refractivity contribution in [2.45, 2.75) is 32.9 Å². The molecule has 1 fully saturated rings. The highest BCUT2D eigenvalue weighted by molar-refractivity contribution is 6.31. The molecule has 4 nitrogen and oxygen atoms in total. The van der Waals surface area contributed by atoms with Gasteiger partial charge in [0.2, 0.25) is 0 Å². The van der Waals surface area contributed by atoms with E-state index in [0.717, 1.165) is 49.3 Å². The molecule has 0 radical (unpaired) electrons. The van der Waals surface area contributed by atoms with Crippen molar-refractivity contribution < 1.29 is 0 Å². The third-order valence-corrected chi connectivity index (χ3v) is 4.21. The zero-order valence-electron chi connectivity index (χ0n) is 12.9. The molecule has 1 saturated heterocycles. The predicted molar refractivity (Wildman–Crippen MR) is 85.4 cm³/mol. The van der Waals surface area contributed by atoms with E-state index in [1.165, 1.54) is 0 Å². The van der Waals surface area contributed by atoms with E-state index in [2.05, 4.69) is 40.9 Å². The Morgan fingerprint density at radius 1 is 1.20 bits per heavy atom. The van der Waals surface area contributed by atoms with Gasteiger partial charge in [-0.15, -0.1) is 0 Å². The molecule has 1 N–H and O–H groups in total. The molecule has 5 heteroatoms. The second-order valence-electron chi connectivity index (χ2n) is 6.31. The summed E-state index contributed by atoms with van der Waals surface area (Å²) in [6.45, 7) is 12.0. The van der Waals surface area contributed by atoms with Crippen LogP contribution < -0.4 is 5.32 Å². The summed E-state index contributed by atoms with van der Waals surface area (Å²) in [6.07, 6.45) is 0.